The molecule has 0 saturated carbocycles. The van der Waals surface area contributed by atoms with Gasteiger partial charge in [0.25, 0.3) is 0 Å². The van der Waals surface area contributed by atoms with Crippen molar-refractivity contribution in [2.24, 2.45) is 0 Å². The van der Waals surface area contributed by atoms with E-state index in [1.165, 1.54) is 0 Å². The van der Waals surface area contributed by atoms with Gasteiger partial charge < -0.3 is 20.4 Å². The van der Waals surface area contributed by atoms with Gasteiger partial charge in [-0.25, -0.2) is 9.59 Å². The number of carbonyl (C=O) groups is 2. The Labute approximate surface area is 223 Å². The Morgan fingerprint density at radius 2 is 0.892 bits per heavy atom. The fourth-order valence-corrected chi connectivity index (χ4v) is 3.44. The molecule has 0 bridgehead atoms. The summed E-state index contributed by atoms with van der Waals surface area (Å²) in [4.78, 5) is 21.1. The van der Waals surface area contributed by atoms with Gasteiger partial charge in [-0.3, -0.25) is 0 Å². The first kappa shape index (κ1) is 34.3. The lowest BCUT2D eigenvalue weighted by atomic mass is 9.87. The highest BCUT2D eigenvalue weighted by Gasteiger charge is 2.14. The molecule has 0 aromatic heterocycles. The summed E-state index contributed by atoms with van der Waals surface area (Å²) in [5.74, 6) is -1.75. The highest BCUT2D eigenvalue weighted by molar-refractivity contribution is 5.88. The molecule has 0 fully saturated rings. The van der Waals surface area contributed by atoms with Crippen molar-refractivity contribution in [2.75, 3.05) is 0 Å². The summed E-state index contributed by atoms with van der Waals surface area (Å²) in [7, 11) is 0. The minimum absolute atomic E-state index is 0.0804. The molecule has 0 amide bonds. The van der Waals surface area contributed by atoms with Crippen LogP contribution in [0.3, 0.4) is 0 Å². The van der Waals surface area contributed by atoms with Crippen molar-refractivity contribution >= 4 is 11.9 Å². The number of aromatic carboxylic acids is 2. The van der Waals surface area contributed by atoms with E-state index in [1.807, 2.05) is 38.1 Å². The van der Waals surface area contributed by atoms with Crippen LogP contribution in [0.5, 0.6) is 0 Å². The predicted octanol–water partition coefficient (Wildman–Crippen LogP) is 7.06. The third-order valence-corrected chi connectivity index (χ3v) is 5.78. The standard InChI is InChI=1S/2C11H14O2.C9H20O2/c2*1-11(2,3)9-6-4-8(5-7-9)10(12)13;1-3-5-8(10)7-9(11)6-4-2/h2*4-7H,1-3H3,(H,12,13);8-11H,3-7H2,1-2H3. The fraction of sp³-hybridized carbons (Fsp3) is 0.548. The van der Waals surface area contributed by atoms with Crippen LogP contribution in [0.25, 0.3) is 0 Å². The lowest BCUT2D eigenvalue weighted by Gasteiger charge is -2.18. The highest BCUT2D eigenvalue weighted by Crippen LogP contribution is 2.23. The van der Waals surface area contributed by atoms with E-state index in [2.05, 4.69) is 41.5 Å². The van der Waals surface area contributed by atoms with Gasteiger partial charge in [-0.1, -0.05) is 92.5 Å². The van der Waals surface area contributed by atoms with Crippen LogP contribution >= 0.6 is 0 Å². The zero-order valence-electron chi connectivity index (χ0n) is 23.9. The van der Waals surface area contributed by atoms with Crippen LogP contribution < -0.4 is 0 Å². The summed E-state index contributed by atoms with van der Waals surface area (Å²) in [6.45, 7) is 16.7. The van der Waals surface area contributed by atoms with E-state index >= 15 is 0 Å². The molecule has 0 heterocycles. The Kier molecular flexibility index (Phi) is 15.0. The number of rotatable bonds is 8. The number of aliphatic hydroxyl groups excluding tert-OH is 2. The van der Waals surface area contributed by atoms with Crippen LogP contribution in [0.2, 0.25) is 0 Å². The Hall–Kier alpha value is -2.70. The van der Waals surface area contributed by atoms with Gasteiger partial charge in [0.15, 0.2) is 0 Å². The number of carboxylic acids is 2. The van der Waals surface area contributed by atoms with Crippen molar-refractivity contribution in [1.29, 1.82) is 0 Å². The van der Waals surface area contributed by atoms with Crippen molar-refractivity contribution in [1.82, 2.24) is 0 Å². The summed E-state index contributed by atoms with van der Waals surface area (Å²) in [6, 6.07) is 14.0. The summed E-state index contributed by atoms with van der Waals surface area (Å²) >= 11 is 0. The zero-order chi connectivity index (χ0) is 28.8. The monoisotopic (exact) mass is 516 g/mol. The van der Waals surface area contributed by atoms with Crippen molar-refractivity contribution in [3.63, 3.8) is 0 Å². The molecule has 0 radical (unpaired) electrons. The Balaban J connectivity index is 0.000000528. The SMILES string of the molecule is CC(C)(C)c1ccc(C(=O)O)cc1.CC(C)(C)c1ccc(C(=O)O)cc1.CCCC(O)CC(O)CCC. The smallest absolute Gasteiger partial charge is 0.335 e. The molecule has 2 unspecified atom stereocenters. The molecule has 6 nitrogen and oxygen atoms in total. The quantitative estimate of drug-likeness (QED) is 0.298. The van der Waals surface area contributed by atoms with E-state index < -0.39 is 11.9 Å². The molecule has 4 N–H and O–H groups in total. The van der Waals surface area contributed by atoms with E-state index in [1.54, 1.807) is 24.3 Å². The van der Waals surface area contributed by atoms with E-state index in [-0.39, 0.29) is 23.0 Å². The first-order valence-corrected chi connectivity index (χ1v) is 13.1. The van der Waals surface area contributed by atoms with Crippen LogP contribution in [-0.2, 0) is 10.8 Å². The van der Waals surface area contributed by atoms with E-state index in [9.17, 15) is 19.8 Å². The van der Waals surface area contributed by atoms with Crippen LogP contribution in [0.4, 0.5) is 0 Å². The van der Waals surface area contributed by atoms with Crippen LogP contribution in [0, 0.1) is 0 Å². The van der Waals surface area contributed by atoms with Crippen LogP contribution in [-0.4, -0.2) is 44.6 Å². The summed E-state index contributed by atoms with van der Waals surface area (Å²) < 4.78 is 0. The molecule has 0 aliphatic rings. The minimum Gasteiger partial charge on any atom is -0.478 e. The van der Waals surface area contributed by atoms with Gasteiger partial charge >= 0.3 is 11.9 Å². The molecule has 2 aromatic rings. The molecule has 0 spiro atoms. The predicted molar refractivity (Wildman–Crippen MR) is 151 cm³/mol. The van der Waals surface area contributed by atoms with Gasteiger partial charge in [0.05, 0.1) is 23.3 Å². The minimum atomic E-state index is -0.875. The number of carboxylic acid groups (broad SMARTS) is 2. The Bertz CT molecular complexity index is 841. The molecular weight excluding hydrogens is 468 g/mol. The molecule has 2 aromatic carbocycles. The largest absolute Gasteiger partial charge is 0.478 e. The number of hydrogen-bond donors (Lipinski definition) is 4. The lowest BCUT2D eigenvalue weighted by Crippen LogP contribution is -2.16. The maximum absolute atomic E-state index is 10.6. The summed E-state index contributed by atoms with van der Waals surface area (Å²) in [5, 5.41) is 35.9. The third-order valence-electron chi connectivity index (χ3n) is 5.78. The van der Waals surface area contributed by atoms with Gasteiger partial charge in [0, 0.05) is 0 Å². The molecule has 0 saturated heterocycles. The van der Waals surface area contributed by atoms with Gasteiger partial charge in [-0.2, -0.15) is 0 Å². The summed E-state index contributed by atoms with van der Waals surface area (Å²) in [5.41, 5.74) is 3.14. The number of hydrogen-bond acceptors (Lipinski definition) is 4. The lowest BCUT2D eigenvalue weighted by molar-refractivity contribution is 0.0686. The molecule has 6 heteroatoms. The molecule has 2 atom stereocenters. The topological polar surface area (TPSA) is 115 Å². The maximum Gasteiger partial charge on any atom is 0.335 e. The Morgan fingerprint density at radius 3 is 1.08 bits per heavy atom. The van der Waals surface area contributed by atoms with Crippen molar-refractivity contribution < 1.29 is 30.0 Å². The fourth-order valence-electron chi connectivity index (χ4n) is 3.44. The van der Waals surface area contributed by atoms with Gasteiger partial charge in [0.2, 0.25) is 0 Å². The second kappa shape index (κ2) is 16.2. The van der Waals surface area contributed by atoms with E-state index in [0.29, 0.717) is 17.5 Å². The highest BCUT2D eigenvalue weighted by atomic mass is 16.4. The zero-order valence-corrected chi connectivity index (χ0v) is 23.9. The van der Waals surface area contributed by atoms with Crippen molar-refractivity contribution in [2.45, 2.75) is 111 Å². The van der Waals surface area contributed by atoms with E-state index in [0.717, 1.165) is 36.8 Å². The van der Waals surface area contributed by atoms with Gasteiger partial charge in [-0.05, 0) is 65.5 Å². The number of benzene rings is 2. The Morgan fingerprint density at radius 1 is 0.622 bits per heavy atom. The molecule has 2 rings (SSSR count). The third kappa shape index (κ3) is 14.6. The summed E-state index contributed by atoms with van der Waals surface area (Å²) in [6.07, 6.45) is 3.52. The normalized spacial score (nSPS) is 12.8. The van der Waals surface area contributed by atoms with E-state index in [4.69, 9.17) is 10.2 Å². The first-order valence-electron chi connectivity index (χ1n) is 13.1. The molecule has 0 aliphatic heterocycles. The van der Waals surface area contributed by atoms with Crippen molar-refractivity contribution in [3.05, 3.63) is 70.8 Å². The molecular formula is C31H48O6. The maximum atomic E-state index is 10.6. The second-order valence-electron chi connectivity index (χ2n) is 11.4. The van der Waals surface area contributed by atoms with Crippen LogP contribution in [0.15, 0.2) is 48.5 Å². The second-order valence-corrected chi connectivity index (χ2v) is 11.4. The average Bonchev–Trinajstić information content (AvgIpc) is 2.79. The van der Waals surface area contributed by atoms with Gasteiger partial charge in [-0.15, -0.1) is 0 Å². The van der Waals surface area contributed by atoms with Crippen molar-refractivity contribution in [3.8, 4) is 0 Å². The molecule has 208 valence electrons. The van der Waals surface area contributed by atoms with Gasteiger partial charge in [0.1, 0.15) is 0 Å². The molecule has 37 heavy (non-hydrogen) atoms. The van der Waals surface area contributed by atoms with Crippen LogP contribution in [0.1, 0.15) is 119 Å². The molecule has 0 aliphatic carbocycles. The number of aliphatic hydroxyl groups is 2. The first-order chi connectivity index (χ1) is 17.0. The average molecular weight is 517 g/mol.